The van der Waals surface area contributed by atoms with E-state index in [0.29, 0.717) is 5.69 Å². The number of ether oxygens (including phenoxy) is 1. The third-order valence-corrected chi connectivity index (χ3v) is 6.06. The van der Waals surface area contributed by atoms with Gasteiger partial charge in [0.1, 0.15) is 5.75 Å². The molecule has 2 aromatic rings. The summed E-state index contributed by atoms with van der Waals surface area (Å²) < 4.78 is 27.8. The second-order valence-electron chi connectivity index (χ2n) is 6.96. The van der Waals surface area contributed by atoms with Gasteiger partial charge >= 0.3 is 0 Å². The number of sulfonamides is 1. The zero-order valence-corrected chi connectivity index (χ0v) is 17.4. The van der Waals surface area contributed by atoms with E-state index in [1.54, 1.807) is 7.11 Å². The summed E-state index contributed by atoms with van der Waals surface area (Å²) in [6.45, 7) is 5.06. The number of primary sulfonamides is 1. The molecule has 2 aromatic carbocycles. The van der Waals surface area contributed by atoms with Gasteiger partial charge in [-0.2, -0.15) is 0 Å². The summed E-state index contributed by atoms with van der Waals surface area (Å²) in [5.41, 5.74) is 1.67. The van der Waals surface area contributed by atoms with Crippen LogP contribution in [-0.2, 0) is 14.8 Å². The fourth-order valence-corrected chi connectivity index (χ4v) is 3.82. The first-order chi connectivity index (χ1) is 13.8. The molecule has 29 heavy (non-hydrogen) atoms. The van der Waals surface area contributed by atoms with Crippen molar-refractivity contribution in [1.29, 1.82) is 0 Å². The number of methoxy groups -OCH3 is 1. The predicted molar refractivity (Wildman–Crippen MR) is 113 cm³/mol. The van der Waals surface area contributed by atoms with Crippen LogP contribution < -0.4 is 20.1 Å². The van der Waals surface area contributed by atoms with Crippen molar-refractivity contribution in [1.82, 2.24) is 4.90 Å². The van der Waals surface area contributed by atoms with Crippen molar-refractivity contribution in [2.24, 2.45) is 5.14 Å². The minimum absolute atomic E-state index is 0.0122. The lowest BCUT2D eigenvalue weighted by Gasteiger charge is -2.38. The summed E-state index contributed by atoms with van der Waals surface area (Å²) >= 11 is 0. The number of benzene rings is 2. The van der Waals surface area contributed by atoms with E-state index in [1.807, 2.05) is 31.2 Å². The van der Waals surface area contributed by atoms with E-state index in [0.717, 1.165) is 37.6 Å². The van der Waals surface area contributed by atoms with Crippen LogP contribution in [0.1, 0.15) is 6.92 Å². The van der Waals surface area contributed by atoms with Gasteiger partial charge < -0.3 is 15.0 Å². The molecule has 0 radical (unpaired) electrons. The van der Waals surface area contributed by atoms with Gasteiger partial charge in [0.2, 0.25) is 15.9 Å². The Morgan fingerprint density at radius 2 is 1.62 bits per heavy atom. The van der Waals surface area contributed by atoms with E-state index in [2.05, 4.69) is 15.1 Å². The molecule has 8 nitrogen and oxygen atoms in total. The Hall–Kier alpha value is -2.62. The van der Waals surface area contributed by atoms with Crippen molar-refractivity contribution in [3.63, 3.8) is 0 Å². The van der Waals surface area contributed by atoms with Crippen molar-refractivity contribution in [2.75, 3.05) is 43.5 Å². The topological polar surface area (TPSA) is 105 Å². The Morgan fingerprint density at radius 3 is 2.14 bits per heavy atom. The second kappa shape index (κ2) is 8.81. The molecule has 1 amide bonds. The van der Waals surface area contributed by atoms with Gasteiger partial charge in [0, 0.05) is 37.6 Å². The van der Waals surface area contributed by atoms with Crippen LogP contribution in [0.2, 0.25) is 0 Å². The molecule has 0 aliphatic carbocycles. The number of carbonyl (C=O) groups excluding carboxylic acids is 1. The number of carbonyl (C=O) groups is 1. The lowest BCUT2D eigenvalue weighted by atomic mass is 10.2. The lowest BCUT2D eigenvalue weighted by Crippen LogP contribution is -2.52. The van der Waals surface area contributed by atoms with Crippen LogP contribution in [0.4, 0.5) is 11.4 Å². The first-order valence-electron chi connectivity index (χ1n) is 9.35. The summed E-state index contributed by atoms with van der Waals surface area (Å²) in [6.07, 6.45) is 0. The summed E-state index contributed by atoms with van der Waals surface area (Å²) in [4.78, 5) is 17.0. The number of anilines is 2. The minimum atomic E-state index is -3.75. The zero-order valence-electron chi connectivity index (χ0n) is 16.5. The van der Waals surface area contributed by atoms with Gasteiger partial charge in [-0.15, -0.1) is 0 Å². The number of amides is 1. The minimum Gasteiger partial charge on any atom is -0.497 e. The predicted octanol–water partition coefficient (Wildman–Crippen LogP) is 1.49. The van der Waals surface area contributed by atoms with E-state index in [4.69, 9.17) is 9.88 Å². The number of hydrogen-bond acceptors (Lipinski definition) is 6. The van der Waals surface area contributed by atoms with Gasteiger partial charge in [-0.1, -0.05) is 0 Å². The lowest BCUT2D eigenvalue weighted by molar-refractivity contribution is -0.120. The van der Waals surface area contributed by atoms with E-state index in [-0.39, 0.29) is 16.8 Å². The average Bonchev–Trinajstić information content (AvgIpc) is 2.73. The Kier molecular flexibility index (Phi) is 6.41. The standard InChI is InChI=1S/C20H26N4O4S/c1-15(20(25)22-16-3-9-19(10-4-16)29(21,26)27)23-11-13-24(14-12-23)17-5-7-18(28-2)8-6-17/h3-10,15H,11-14H2,1-2H3,(H,22,25)(H2,21,26,27)/t15-/m0/s1. The summed E-state index contributed by atoms with van der Waals surface area (Å²) in [6, 6.07) is 13.5. The van der Waals surface area contributed by atoms with Gasteiger partial charge in [0.15, 0.2) is 0 Å². The fraction of sp³-hybridized carbons (Fsp3) is 0.350. The number of hydrogen-bond donors (Lipinski definition) is 2. The molecule has 0 unspecified atom stereocenters. The molecule has 0 spiro atoms. The van der Waals surface area contributed by atoms with Gasteiger partial charge in [0.05, 0.1) is 18.0 Å². The molecule has 0 saturated carbocycles. The third-order valence-electron chi connectivity index (χ3n) is 5.13. The largest absolute Gasteiger partial charge is 0.497 e. The smallest absolute Gasteiger partial charge is 0.241 e. The Morgan fingerprint density at radius 1 is 1.03 bits per heavy atom. The van der Waals surface area contributed by atoms with Crippen molar-refractivity contribution in [2.45, 2.75) is 17.9 Å². The molecule has 156 valence electrons. The third kappa shape index (κ3) is 5.26. The molecule has 1 aliphatic rings. The number of nitrogens with zero attached hydrogens (tertiary/aromatic N) is 2. The highest BCUT2D eigenvalue weighted by atomic mass is 32.2. The molecule has 1 heterocycles. The van der Waals surface area contributed by atoms with Crippen LogP contribution in [0.25, 0.3) is 0 Å². The quantitative estimate of drug-likeness (QED) is 0.737. The van der Waals surface area contributed by atoms with Gasteiger partial charge in [-0.05, 0) is 55.5 Å². The molecule has 0 bridgehead atoms. The van der Waals surface area contributed by atoms with Gasteiger partial charge in [0.25, 0.3) is 0 Å². The molecule has 3 rings (SSSR count). The Labute approximate surface area is 171 Å². The first-order valence-corrected chi connectivity index (χ1v) is 10.9. The summed E-state index contributed by atoms with van der Waals surface area (Å²) in [5.74, 6) is 0.695. The molecule has 1 atom stereocenters. The molecular formula is C20H26N4O4S. The highest BCUT2D eigenvalue weighted by Crippen LogP contribution is 2.21. The van der Waals surface area contributed by atoms with E-state index in [9.17, 15) is 13.2 Å². The van der Waals surface area contributed by atoms with Gasteiger partial charge in [-0.25, -0.2) is 13.6 Å². The zero-order chi connectivity index (χ0) is 21.0. The Bertz CT molecular complexity index is 937. The van der Waals surface area contributed by atoms with Crippen LogP contribution in [0.3, 0.4) is 0 Å². The second-order valence-corrected chi connectivity index (χ2v) is 8.52. The molecule has 0 aromatic heterocycles. The molecule has 1 saturated heterocycles. The normalized spacial score (nSPS) is 16.3. The first kappa shape index (κ1) is 21.1. The van der Waals surface area contributed by atoms with E-state index in [1.165, 1.54) is 24.3 Å². The van der Waals surface area contributed by atoms with Crippen LogP contribution in [0.15, 0.2) is 53.4 Å². The summed E-state index contributed by atoms with van der Waals surface area (Å²) in [5, 5.41) is 7.92. The number of piperazine rings is 1. The van der Waals surface area contributed by atoms with Gasteiger partial charge in [-0.3, -0.25) is 9.69 Å². The maximum atomic E-state index is 12.6. The molecule has 1 aliphatic heterocycles. The number of nitrogens with one attached hydrogen (secondary N) is 1. The monoisotopic (exact) mass is 418 g/mol. The van der Waals surface area contributed by atoms with Crippen LogP contribution in [0, 0.1) is 0 Å². The fourth-order valence-electron chi connectivity index (χ4n) is 3.30. The highest BCUT2D eigenvalue weighted by molar-refractivity contribution is 7.89. The summed E-state index contributed by atoms with van der Waals surface area (Å²) in [7, 11) is -2.10. The Balaban J connectivity index is 1.54. The van der Waals surface area contributed by atoms with Crippen molar-refractivity contribution >= 4 is 27.3 Å². The number of rotatable bonds is 6. The van der Waals surface area contributed by atoms with Crippen molar-refractivity contribution in [3.05, 3.63) is 48.5 Å². The maximum absolute atomic E-state index is 12.6. The van der Waals surface area contributed by atoms with E-state index < -0.39 is 10.0 Å². The maximum Gasteiger partial charge on any atom is 0.241 e. The molecule has 3 N–H and O–H groups in total. The van der Waals surface area contributed by atoms with E-state index >= 15 is 0 Å². The number of nitrogens with two attached hydrogens (primary N) is 1. The molecule has 9 heteroatoms. The highest BCUT2D eigenvalue weighted by Gasteiger charge is 2.25. The van der Waals surface area contributed by atoms with Crippen LogP contribution in [0.5, 0.6) is 5.75 Å². The average molecular weight is 419 g/mol. The molecular weight excluding hydrogens is 392 g/mol. The molecule has 1 fully saturated rings. The SMILES string of the molecule is COc1ccc(N2CCN([C@@H](C)C(=O)Nc3ccc(S(N)(=O)=O)cc3)CC2)cc1. The van der Waals surface area contributed by atoms with Crippen molar-refractivity contribution in [3.8, 4) is 5.75 Å². The van der Waals surface area contributed by atoms with Crippen LogP contribution >= 0.6 is 0 Å². The van der Waals surface area contributed by atoms with Crippen molar-refractivity contribution < 1.29 is 17.9 Å². The van der Waals surface area contributed by atoms with Crippen LogP contribution in [-0.4, -0.2) is 58.6 Å².